The predicted molar refractivity (Wildman–Crippen MR) is 55.9 cm³/mol. The van der Waals surface area contributed by atoms with Gasteiger partial charge in [0.1, 0.15) is 0 Å². The van der Waals surface area contributed by atoms with Crippen molar-refractivity contribution in [3.63, 3.8) is 0 Å². The first kappa shape index (κ1) is 13.1. The van der Waals surface area contributed by atoms with E-state index in [1.807, 2.05) is 0 Å². The maximum absolute atomic E-state index is 11.3. The van der Waals surface area contributed by atoms with Gasteiger partial charge in [0.05, 0.1) is 5.92 Å². The predicted octanol–water partition coefficient (Wildman–Crippen LogP) is 1.58. The van der Waals surface area contributed by atoms with Gasteiger partial charge in [-0.1, -0.05) is 30.3 Å². The van der Waals surface area contributed by atoms with Crippen LogP contribution in [0.3, 0.4) is 0 Å². The Bertz CT molecular complexity index is 375. The summed E-state index contributed by atoms with van der Waals surface area (Å²) in [5.74, 6) is -2.49. The van der Waals surface area contributed by atoms with Gasteiger partial charge in [-0.25, -0.2) is 9.59 Å². The maximum Gasteiger partial charge on any atom is 0.349 e. The number of hydrogen-bond donors (Lipinski definition) is 2. The molecule has 0 radical (unpaired) electrons. The fourth-order valence-corrected chi connectivity index (χ4v) is 1.48. The molecular formula is C11H12O6. The molecule has 0 saturated carbocycles. The van der Waals surface area contributed by atoms with Gasteiger partial charge >= 0.3 is 11.9 Å². The molecule has 0 aliphatic rings. The molecule has 0 spiro atoms. The van der Waals surface area contributed by atoms with Gasteiger partial charge in [-0.05, 0) is 12.0 Å². The lowest BCUT2D eigenvalue weighted by atomic mass is 9.94. The molecule has 0 amide bonds. The van der Waals surface area contributed by atoms with Crippen LogP contribution in [0.4, 0.5) is 0 Å². The Kier molecular flexibility index (Phi) is 5.12. The first-order valence-electron chi connectivity index (χ1n) is 4.93. The summed E-state index contributed by atoms with van der Waals surface area (Å²) in [5.41, 5.74) is 0.609. The average Bonchev–Trinajstić information content (AvgIpc) is 2.39. The molecule has 1 aromatic rings. The molecule has 6 heteroatoms. The normalized spacial score (nSPS) is 11.6. The number of benzene rings is 1. The topological polar surface area (TPSA) is 93.1 Å². The Balaban J connectivity index is 2.75. The van der Waals surface area contributed by atoms with E-state index in [9.17, 15) is 9.59 Å². The summed E-state index contributed by atoms with van der Waals surface area (Å²) in [6.45, 7) is 0. The lowest BCUT2D eigenvalue weighted by Gasteiger charge is -2.12. The monoisotopic (exact) mass is 240 g/mol. The van der Waals surface area contributed by atoms with Crippen LogP contribution in [0.5, 0.6) is 0 Å². The molecule has 1 rings (SSSR count). The zero-order valence-electron chi connectivity index (χ0n) is 8.91. The molecule has 1 aromatic carbocycles. The fourth-order valence-electron chi connectivity index (χ4n) is 1.48. The third-order valence-electron chi connectivity index (χ3n) is 2.32. The quantitative estimate of drug-likeness (QED) is 0.599. The summed E-state index contributed by atoms with van der Waals surface area (Å²) < 4.78 is 0. The molecule has 6 nitrogen and oxygen atoms in total. The van der Waals surface area contributed by atoms with Crippen LogP contribution in [0.1, 0.15) is 24.3 Å². The van der Waals surface area contributed by atoms with E-state index < -0.39 is 17.9 Å². The first-order valence-corrected chi connectivity index (χ1v) is 4.93. The van der Waals surface area contributed by atoms with Gasteiger partial charge in [-0.15, -0.1) is 0 Å². The number of carbonyl (C=O) groups excluding carboxylic acids is 2. The molecule has 0 aliphatic heterocycles. The molecule has 2 N–H and O–H groups in total. The second-order valence-corrected chi connectivity index (χ2v) is 3.38. The van der Waals surface area contributed by atoms with Gasteiger partial charge in [-0.3, -0.25) is 0 Å². The van der Waals surface area contributed by atoms with Crippen LogP contribution in [0.15, 0.2) is 30.3 Å². The van der Waals surface area contributed by atoms with Crippen LogP contribution in [0.2, 0.25) is 0 Å². The van der Waals surface area contributed by atoms with Gasteiger partial charge in [0.2, 0.25) is 0 Å². The van der Waals surface area contributed by atoms with Crippen molar-refractivity contribution in [1.82, 2.24) is 0 Å². The van der Waals surface area contributed by atoms with Crippen LogP contribution >= 0.6 is 0 Å². The Morgan fingerprint density at radius 3 is 2.29 bits per heavy atom. The summed E-state index contributed by atoms with van der Waals surface area (Å²) in [6.07, 6.45) is -0.0893. The highest BCUT2D eigenvalue weighted by molar-refractivity contribution is 5.78. The van der Waals surface area contributed by atoms with Crippen LogP contribution in [0, 0.1) is 0 Å². The van der Waals surface area contributed by atoms with Crippen molar-refractivity contribution < 1.29 is 29.9 Å². The van der Waals surface area contributed by atoms with E-state index in [1.165, 1.54) is 0 Å². The standard InChI is InChI=1S/C11H12O6/c12-10(16-14)7-6-9(11(13)17-15)8-4-2-1-3-5-8/h1-5,9,14-15H,6-7H2. The number of carbonyl (C=O) groups is 2. The van der Waals surface area contributed by atoms with Crippen molar-refractivity contribution >= 4 is 11.9 Å². The van der Waals surface area contributed by atoms with Gasteiger partial charge < -0.3 is 9.78 Å². The summed E-state index contributed by atoms with van der Waals surface area (Å²) in [5, 5.41) is 16.5. The van der Waals surface area contributed by atoms with Crippen LogP contribution in [-0.4, -0.2) is 22.5 Å². The van der Waals surface area contributed by atoms with Crippen molar-refractivity contribution in [3.05, 3.63) is 35.9 Å². The van der Waals surface area contributed by atoms with Crippen molar-refractivity contribution in [2.75, 3.05) is 0 Å². The molecule has 0 aromatic heterocycles. The first-order chi connectivity index (χ1) is 8.19. The van der Waals surface area contributed by atoms with Gasteiger partial charge in [0, 0.05) is 6.42 Å². The lowest BCUT2D eigenvalue weighted by molar-refractivity contribution is -0.238. The minimum Gasteiger partial charge on any atom is -0.301 e. The van der Waals surface area contributed by atoms with E-state index >= 15 is 0 Å². The smallest absolute Gasteiger partial charge is 0.301 e. The summed E-state index contributed by atoms with van der Waals surface area (Å²) in [7, 11) is 0. The largest absolute Gasteiger partial charge is 0.349 e. The zero-order chi connectivity index (χ0) is 12.7. The van der Waals surface area contributed by atoms with Gasteiger partial charge in [-0.2, -0.15) is 10.5 Å². The molecule has 17 heavy (non-hydrogen) atoms. The highest BCUT2D eigenvalue weighted by atomic mass is 17.1. The van der Waals surface area contributed by atoms with E-state index in [0.29, 0.717) is 5.56 Å². The Hall–Kier alpha value is -1.92. The molecule has 0 bridgehead atoms. The Labute approximate surface area is 97.3 Å². The van der Waals surface area contributed by atoms with Gasteiger partial charge in [0.15, 0.2) is 0 Å². The molecule has 1 atom stereocenters. The fraction of sp³-hybridized carbons (Fsp3) is 0.273. The summed E-state index contributed by atoms with van der Waals surface area (Å²) in [6, 6.07) is 8.55. The van der Waals surface area contributed by atoms with Crippen molar-refractivity contribution in [3.8, 4) is 0 Å². The van der Waals surface area contributed by atoms with E-state index in [2.05, 4.69) is 9.78 Å². The van der Waals surface area contributed by atoms with E-state index in [0.717, 1.165) is 0 Å². The molecule has 0 fully saturated rings. The lowest BCUT2D eigenvalue weighted by Crippen LogP contribution is -2.16. The minimum atomic E-state index is -0.859. The summed E-state index contributed by atoms with van der Waals surface area (Å²) in [4.78, 5) is 29.3. The van der Waals surface area contributed by atoms with E-state index in [-0.39, 0.29) is 12.8 Å². The van der Waals surface area contributed by atoms with Crippen molar-refractivity contribution in [2.45, 2.75) is 18.8 Å². The third kappa shape index (κ3) is 3.86. The molecule has 0 saturated heterocycles. The third-order valence-corrected chi connectivity index (χ3v) is 2.32. The van der Waals surface area contributed by atoms with Crippen molar-refractivity contribution in [2.24, 2.45) is 0 Å². The number of rotatable bonds is 5. The zero-order valence-corrected chi connectivity index (χ0v) is 8.91. The maximum atomic E-state index is 11.3. The summed E-state index contributed by atoms with van der Waals surface area (Å²) >= 11 is 0. The van der Waals surface area contributed by atoms with E-state index in [4.69, 9.17) is 10.5 Å². The highest BCUT2D eigenvalue weighted by Gasteiger charge is 2.23. The Morgan fingerprint density at radius 1 is 1.12 bits per heavy atom. The molecule has 1 unspecified atom stereocenters. The molecule has 0 aliphatic carbocycles. The second kappa shape index (κ2) is 6.62. The minimum absolute atomic E-state index is 0.0722. The highest BCUT2D eigenvalue weighted by Crippen LogP contribution is 2.22. The van der Waals surface area contributed by atoms with Crippen LogP contribution < -0.4 is 0 Å². The number of hydrogen-bond acceptors (Lipinski definition) is 6. The SMILES string of the molecule is O=C(CCC(C(=O)OO)c1ccccc1)OO. The molecular weight excluding hydrogens is 228 g/mol. The van der Waals surface area contributed by atoms with Gasteiger partial charge in [0.25, 0.3) is 0 Å². The molecule has 0 heterocycles. The van der Waals surface area contributed by atoms with E-state index in [1.54, 1.807) is 30.3 Å². The van der Waals surface area contributed by atoms with Crippen LogP contribution in [-0.2, 0) is 19.4 Å². The second-order valence-electron chi connectivity index (χ2n) is 3.38. The molecule has 92 valence electrons. The average molecular weight is 240 g/mol. The van der Waals surface area contributed by atoms with Crippen molar-refractivity contribution in [1.29, 1.82) is 0 Å². The Morgan fingerprint density at radius 2 is 1.76 bits per heavy atom. The van der Waals surface area contributed by atoms with Crippen LogP contribution in [0.25, 0.3) is 0 Å².